The van der Waals surface area contributed by atoms with E-state index in [0.717, 1.165) is 12.8 Å². The van der Waals surface area contributed by atoms with Gasteiger partial charge < -0.3 is 10.0 Å². The van der Waals surface area contributed by atoms with Gasteiger partial charge in [0.15, 0.2) is 0 Å². The number of likely N-dealkylation sites (tertiary alicyclic amines) is 1. The molecule has 0 aromatic rings. The molecule has 1 N–H and O–H groups in total. The van der Waals surface area contributed by atoms with Crippen molar-refractivity contribution in [1.29, 1.82) is 0 Å². The van der Waals surface area contributed by atoms with E-state index in [2.05, 4.69) is 0 Å². The Balaban J connectivity index is 2.16. The van der Waals surface area contributed by atoms with Gasteiger partial charge in [-0.2, -0.15) is 0 Å². The van der Waals surface area contributed by atoms with Crippen molar-refractivity contribution in [1.82, 2.24) is 4.90 Å². The Hall–Kier alpha value is -1.06. The molecule has 4 nitrogen and oxygen atoms in total. The summed E-state index contributed by atoms with van der Waals surface area (Å²) in [6, 6.07) is -0.0750. The Morgan fingerprint density at radius 1 is 1.24 bits per heavy atom. The van der Waals surface area contributed by atoms with Crippen LogP contribution in [0.15, 0.2) is 0 Å². The number of piperidine rings is 1. The van der Waals surface area contributed by atoms with Gasteiger partial charge in [0.05, 0.1) is 5.92 Å². The maximum Gasteiger partial charge on any atom is 0.308 e. The van der Waals surface area contributed by atoms with E-state index in [4.69, 9.17) is 0 Å². The average molecular weight is 239 g/mol. The Morgan fingerprint density at radius 3 is 2.47 bits per heavy atom. The molecule has 2 fully saturated rings. The first-order valence-corrected chi connectivity index (χ1v) is 6.59. The Bertz CT molecular complexity index is 310. The van der Waals surface area contributed by atoms with Gasteiger partial charge in [-0.1, -0.05) is 19.3 Å². The fourth-order valence-electron chi connectivity index (χ4n) is 3.45. The largest absolute Gasteiger partial charge is 0.481 e. The molecule has 0 radical (unpaired) electrons. The van der Waals surface area contributed by atoms with E-state index in [0.29, 0.717) is 18.8 Å². The smallest absolute Gasteiger partial charge is 0.308 e. The number of hydrogen-bond donors (Lipinski definition) is 1. The van der Waals surface area contributed by atoms with Crippen LogP contribution in [0.2, 0.25) is 0 Å². The molecule has 17 heavy (non-hydrogen) atoms. The van der Waals surface area contributed by atoms with Crippen molar-refractivity contribution >= 4 is 11.9 Å². The summed E-state index contributed by atoms with van der Waals surface area (Å²) in [5.41, 5.74) is 0. The molecule has 2 rings (SSSR count). The normalized spacial score (nSPS) is 31.6. The van der Waals surface area contributed by atoms with Gasteiger partial charge in [0.1, 0.15) is 0 Å². The molecule has 96 valence electrons. The maximum absolute atomic E-state index is 11.7. The summed E-state index contributed by atoms with van der Waals surface area (Å²) in [4.78, 5) is 24.8. The van der Waals surface area contributed by atoms with Gasteiger partial charge in [-0.3, -0.25) is 9.59 Å². The summed E-state index contributed by atoms with van der Waals surface area (Å²) in [6.07, 6.45) is 6.65. The molecule has 1 aliphatic heterocycles. The highest BCUT2D eigenvalue weighted by atomic mass is 16.4. The van der Waals surface area contributed by atoms with Crippen molar-refractivity contribution in [2.45, 2.75) is 51.0 Å². The molecule has 1 saturated heterocycles. The first-order chi connectivity index (χ1) is 8.11. The number of amides is 1. The standard InChI is InChI=1S/C13H21NO3/c1-14-11(15)8-7-10(13(16)17)12(14)9-5-3-2-4-6-9/h9-10,12H,2-8H2,1H3,(H,16,17)/t10-,12+/m0/s1. The maximum atomic E-state index is 11.7. The fourth-order valence-corrected chi connectivity index (χ4v) is 3.45. The lowest BCUT2D eigenvalue weighted by atomic mass is 9.75. The Labute approximate surface area is 102 Å². The third kappa shape index (κ3) is 2.45. The van der Waals surface area contributed by atoms with Gasteiger partial charge in [0, 0.05) is 19.5 Å². The van der Waals surface area contributed by atoms with Gasteiger partial charge in [0.2, 0.25) is 5.91 Å². The zero-order valence-corrected chi connectivity index (χ0v) is 10.4. The molecule has 0 aromatic carbocycles. The van der Waals surface area contributed by atoms with Crippen LogP contribution in [0.1, 0.15) is 44.9 Å². The summed E-state index contributed by atoms with van der Waals surface area (Å²) >= 11 is 0. The van der Waals surface area contributed by atoms with Gasteiger partial charge in [-0.15, -0.1) is 0 Å². The number of aliphatic carboxylic acids is 1. The second-order valence-electron chi connectivity index (χ2n) is 5.38. The first-order valence-electron chi connectivity index (χ1n) is 6.59. The number of rotatable bonds is 2. The van der Waals surface area contributed by atoms with Crippen LogP contribution >= 0.6 is 0 Å². The van der Waals surface area contributed by atoms with Crippen LogP contribution in [0.25, 0.3) is 0 Å². The molecule has 1 aliphatic carbocycles. The van der Waals surface area contributed by atoms with Crippen LogP contribution in [-0.4, -0.2) is 35.0 Å². The van der Waals surface area contributed by atoms with E-state index < -0.39 is 5.97 Å². The van der Waals surface area contributed by atoms with Crippen LogP contribution in [0, 0.1) is 11.8 Å². The molecule has 2 aliphatic rings. The van der Waals surface area contributed by atoms with Crippen LogP contribution in [0.3, 0.4) is 0 Å². The molecular formula is C13H21NO3. The Kier molecular flexibility index (Phi) is 3.69. The van der Waals surface area contributed by atoms with E-state index in [1.165, 1.54) is 19.3 Å². The molecule has 1 amide bonds. The van der Waals surface area contributed by atoms with Crippen molar-refractivity contribution in [2.75, 3.05) is 7.05 Å². The number of carboxylic acid groups (broad SMARTS) is 1. The van der Waals surface area contributed by atoms with Crippen molar-refractivity contribution in [3.05, 3.63) is 0 Å². The lowest BCUT2D eigenvalue weighted by Gasteiger charge is -2.43. The molecule has 2 atom stereocenters. The van der Waals surface area contributed by atoms with Gasteiger partial charge in [-0.25, -0.2) is 0 Å². The zero-order chi connectivity index (χ0) is 12.4. The summed E-state index contributed by atoms with van der Waals surface area (Å²) in [7, 11) is 1.77. The van der Waals surface area contributed by atoms with E-state index in [1.54, 1.807) is 11.9 Å². The topological polar surface area (TPSA) is 57.6 Å². The van der Waals surface area contributed by atoms with E-state index in [9.17, 15) is 14.7 Å². The van der Waals surface area contributed by atoms with Gasteiger partial charge >= 0.3 is 5.97 Å². The number of nitrogens with zero attached hydrogens (tertiary/aromatic N) is 1. The minimum Gasteiger partial charge on any atom is -0.481 e. The summed E-state index contributed by atoms with van der Waals surface area (Å²) < 4.78 is 0. The van der Waals surface area contributed by atoms with Crippen molar-refractivity contribution < 1.29 is 14.7 Å². The number of carboxylic acids is 1. The lowest BCUT2D eigenvalue weighted by Crippen LogP contribution is -2.52. The highest BCUT2D eigenvalue weighted by Crippen LogP contribution is 2.36. The van der Waals surface area contributed by atoms with Crippen molar-refractivity contribution in [3.8, 4) is 0 Å². The van der Waals surface area contributed by atoms with Gasteiger partial charge in [0.25, 0.3) is 0 Å². The minimum absolute atomic E-state index is 0.0750. The lowest BCUT2D eigenvalue weighted by molar-refractivity contribution is -0.153. The molecule has 4 heteroatoms. The monoisotopic (exact) mass is 239 g/mol. The third-order valence-corrected chi connectivity index (χ3v) is 4.37. The summed E-state index contributed by atoms with van der Waals surface area (Å²) in [5, 5.41) is 9.31. The third-order valence-electron chi connectivity index (χ3n) is 4.37. The molecule has 0 bridgehead atoms. The number of carbonyl (C=O) groups is 2. The van der Waals surface area contributed by atoms with E-state index >= 15 is 0 Å². The highest BCUT2D eigenvalue weighted by molar-refractivity contribution is 5.81. The van der Waals surface area contributed by atoms with Crippen LogP contribution in [0.5, 0.6) is 0 Å². The predicted molar refractivity (Wildman–Crippen MR) is 63.5 cm³/mol. The molecular weight excluding hydrogens is 218 g/mol. The average Bonchev–Trinajstić information content (AvgIpc) is 2.33. The van der Waals surface area contributed by atoms with Gasteiger partial charge in [-0.05, 0) is 25.2 Å². The number of hydrogen-bond acceptors (Lipinski definition) is 2. The summed E-state index contributed by atoms with van der Waals surface area (Å²) in [6.45, 7) is 0. The van der Waals surface area contributed by atoms with Crippen LogP contribution < -0.4 is 0 Å². The SMILES string of the molecule is CN1C(=O)CC[C@H](C(=O)O)[C@H]1C1CCCCC1. The van der Waals surface area contributed by atoms with Crippen molar-refractivity contribution in [3.63, 3.8) is 0 Å². The molecule has 0 unspecified atom stereocenters. The quantitative estimate of drug-likeness (QED) is 0.800. The fraction of sp³-hybridized carbons (Fsp3) is 0.846. The van der Waals surface area contributed by atoms with Crippen molar-refractivity contribution in [2.24, 2.45) is 11.8 Å². The first kappa shape index (κ1) is 12.4. The minimum atomic E-state index is -0.736. The number of carbonyl (C=O) groups excluding carboxylic acids is 1. The molecule has 1 heterocycles. The van der Waals surface area contributed by atoms with E-state index in [1.807, 2.05) is 0 Å². The predicted octanol–water partition coefficient (Wildman–Crippen LogP) is 1.89. The van der Waals surface area contributed by atoms with Crippen LogP contribution in [-0.2, 0) is 9.59 Å². The highest BCUT2D eigenvalue weighted by Gasteiger charge is 2.42. The summed E-state index contributed by atoms with van der Waals surface area (Å²) in [5.74, 6) is -0.599. The molecule has 0 spiro atoms. The zero-order valence-electron chi connectivity index (χ0n) is 10.4. The second-order valence-corrected chi connectivity index (χ2v) is 5.38. The van der Waals surface area contributed by atoms with E-state index in [-0.39, 0.29) is 17.9 Å². The second kappa shape index (κ2) is 5.07. The molecule has 0 aromatic heterocycles. The van der Waals surface area contributed by atoms with Crippen LogP contribution in [0.4, 0.5) is 0 Å². The molecule has 1 saturated carbocycles. The Morgan fingerprint density at radius 2 is 1.88 bits per heavy atom.